The summed E-state index contributed by atoms with van der Waals surface area (Å²) in [7, 11) is 1.84. The summed E-state index contributed by atoms with van der Waals surface area (Å²) < 4.78 is 6.20. The normalized spacial score (nSPS) is 14.9. The van der Waals surface area contributed by atoms with Crippen LogP contribution < -0.4 is 11.1 Å². The van der Waals surface area contributed by atoms with E-state index in [1.54, 1.807) is 17.0 Å². The first-order chi connectivity index (χ1) is 17.4. The molecule has 190 valence electrons. The molecule has 36 heavy (non-hydrogen) atoms. The second-order valence-electron chi connectivity index (χ2n) is 9.89. The molecule has 0 radical (unpaired) electrons. The third kappa shape index (κ3) is 5.81. The van der Waals surface area contributed by atoms with E-state index in [0.717, 1.165) is 54.1 Å². The van der Waals surface area contributed by atoms with Crippen LogP contribution >= 0.6 is 0 Å². The Morgan fingerprint density at radius 1 is 1.06 bits per heavy atom. The molecule has 2 aromatic carbocycles. The number of anilines is 1. The molecular formula is C30H37N3O3. The molecule has 3 N–H and O–H groups in total. The Labute approximate surface area is 213 Å². The fraction of sp³-hybridized carbons (Fsp3) is 0.400. The molecule has 0 aliphatic heterocycles. The summed E-state index contributed by atoms with van der Waals surface area (Å²) in [4.78, 5) is 26.1. The zero-order valence-electron chi connectivity index (χ0n) is 21.5. The number of amides is 2. The van der Waals surface area contributed by atoms with Gasteiger partial charge in [-0.15, -0.1) is 0 Å². The van der Waals surface area contributed by atoms with E-state index in [1.807, 2.05) is 50.4 Å². The van der Waals surface area contributed by atoms with E-state index in [1.165, 1.54) is 19.3 Å². The number of hydrogen-bond donors (Lipinski definition) is 2. The Morgan fingerprint density at radius 3 is 2.44 bits per heavy atom. The Hall–Kier alpha value is -3.54. The number of nitrogens with two attached hydrogens (primary N) is 1. The molecule has 6 heteroatoms. The van der Waals surface area contributed by atoms with Gasteiger partial charge in [-0.3, -0.25) is 9.59 Å². The molecule has 0 bridgehead atoms. The summed E-state index contributed by atoms with van der Waals surface area (Å²) >= 11 is 0. The van der Waals surface area contributed by atoms with Gasteiger partial charge in [0, 0.05) is 41.5 Å². The van der Waals surface area contributed by atoms with Crippen molar-refractivity contribution >= 4 is 17.5 Å². The molecule has 4 rings (SSSR count). The van der Waals surface area contributed by atoms with Crippen LogP contribution in [0, 0.1) is 12.8 Å². The highest BCUT2D eigenvalue weighted by Crippen LogP contribution is 2.40. The van der Waals surface area contributed by atoms with Crippen LogP contribution in [0.25, 0.3) is 11.3 Å². The van der Waals surface area contributed by atoms with Crippen molar-refractivity contribution in [2.75, 3.05) is 18.9 Å². The maximum Gasteiger partial charge on any atom is 0.253 e. The lowest BCUT2D eigenvalue weighted by Crippen LogP contribution is -2.27. The lowest BCUT2D eigenvalue weighted by Gasteiger charge is -2.31. The van der Waals surface area contributed by atoms with E-state index < -0.39 is 5.91 Å². The quantitative estimate of drug-likeness (QED) is 0.357. The minimum absolute atomic E-state index is 0.0424. The van der Waals surface area contributed by atoms with Crippen LogP contribution in [0.4, 0.5) is 5.69 Å². The lowest BCUT2D eigenvalue weighted by atomic mass is 9.81. The molecule has 6 nitrogen and oxygen atoms in total. The number of aryl methyl sites for hydroxylation is 1. The second kappa shape index (κ2) is 11.5. The van der Waals surface area contributed by atoms with Crippen LogP contribution in [0.15, 0.2) is 59.0 Å². The van der Waals surface area contributed by atoms with E-state index in [2.05, 4.69) is 18.3 Å². The monoisotopic (exact) mass is 487 g/mol. The van der Waals surface area contributed by atoms with Crippen LogP contribution in [0.3, 0.4) is 0 Å². The van der Waals surface area contributed by atoms with Crippen LogP contribution in [0.2, 0.25) is 0 Å². The van der Waals surface area contributed by atoms with E-state index in [0.29, 0.717) is 17.0 Å². The van der Waals surface area contributed by atoms with E-state index in [-0.39, 0.29) is 11.9 Å². The topological polar surface area (TPSA) is 88.6 Å². The zero-order valence-corrected chi connectivity index (χ0v) is 21.5. The molecule has 1 atom stereocenters. The first kappa shape index (κ1) is 25.5. The SMILES string of the molecule is CCCN(C)C(=O)c1ccc(NC(c2cc(-c3cccc(C(N)=O)c3)oc2C)C2CCCCC2)cc1. The number of nitrogens with zero attached hydrogens (tertiary/aromatic N) is 1. The van der Waals surface area contributed by atoms with Gasteiger partial charge in [-0.05, 0) is 74.6 Å². The highest BCUT2D eigenvalue weighted by Gasteiger charge is 2.28. The van der Waals surface area contributed by atoms with Crippen LogP contribution in [-0.2, 0) is 0 Å². The zero-order chi connectivity index (χ0) is 25.7. The smallest absolute Gasteiger partial charge is 0.253 e. The van der Waals surface area contributed by atoms with Crippen molar-refractivity contribution in [3.05, 3.63) is 77.0 Å². The molecule has 1 unspecified atom stereocenters. The van der Waals surface area contributed by atoms with Gasteiger partial charge in [-0.25, -0.2) is 0 Å². The maximum absolute atomic E-state index is 12.6. The molecule has 1 heterocycles. The third-order valence-corrected chi connectivity index (χ3v) is 7.20. The molecule has 1 saturated carbocycles. The number of rotatable bonds is 9. The fourth-order valence-electron chi connectivity index (χ4n) is 5.24. The number of furan rings is 1. The highest BCUT2D eigenvalue weighted by molar-refractivity contribution is 5.94. The Kier molecular flexibility index (Phi) is 8.14. The average Bonchev–Trinajstić information content (AvgIpc) is 3.29. The van der Waals surface area contributed by atoms with Gasteiger partial charge < -0.3 is 20.4 Å². The molecule has 0 saturated heterocycles. The standard InChI is InChI=1S/C30H37N3O3/c1-4-17-33(3)30(35)22-13-15-25(16-14-22)32-28(21-9-6-5-7-10-21)26-19-27(36-20(26)2)23-11-8-12-24(18-23)29(31)34/h8,11-16,18-19,21,28,32H,4-7,9-10,17H2,1-3H3,(H2,31,34). The van der Waals surface area contributed by atoms with E-state index >= 15 is 0 Å². The van der Waals surface area contributed by atoms with Gasteiger partial charge in [0.2, 0.25) is 5.91 Å². The number of nitrogens with one attached hydrogen (secondary N) is 1. The number of benzene rings is 2. The Bertz CT molecular complexity index is 1190. The molecular weight excluding hydrogens is 450 g/mol. The summed E-state index contributed by atoms with van der Waals surface area (Å²) in [5.41, 5.74) is 9.59. The second-order valence-corrected chi connectivity index (χ2v) is 9.89. The number of carbonyl (C=O) groups is 2. The van der Waals surface area contributed by atoms with Gasteiger partial charge >= 0.3 is 0 Å². The molecule has 1 aliphatic carbocycles. The highest BCUT2D eigenvalue weighted by atomic mass is 16.3. The average molecular weight is 488 g/mol. The predicted molar refractivity (Wildman–Crippen MR) is 144 cm³/mol. The largest absolute Gasteiger partial charge is 0.461 e. The summed E-state index contributed by atoms with van der Waals surface area (Å²) in [6, 6.07) is 17.2. The van der Waals surface area contributed by atoms with Crippen molar-refractivity contribution in [3.8, 4) is 11.3 Å². The van der Waals surface area contributed by atoms with Crippen molar-refractivity contribution in [3.63, 3.8) is 0 Å². The van der Waals surface area contributed by atoms with E-state index in [4.69, 9.17) is 10.2 Å². The fourth-order valence-corrected chi connectivity index (χ4v) is 5.24. The minimum Gasteiger partial charge on any atom is -0.461 e. The van der Waals surface area contributed by atoms with Crippen LogP contribution in [0.1, 0.15) is 83.5 Å². The summed E-state index contributed by atoms with van der Waals surface area (Å²) in [5.74, 6) is 1.67. The first-order valence-corrected chi connectivity index (χ1v) is 13.0. The number of hydrogen-bond acceptors (Lipinski definition) is 4. The van der Waals surface area contributed by atoms with E-state index in [9.17, 15) is 9.59 Å². The molecule has 2 amide bonds. The molecule has 1 fully saturated rings. The summed E-state index contributed by atoms with van der Waals surface area (Å²) in [6.07, 6.45) is 6.99. The van der Waals surface area contributed by atoms with Crippen LogP contribution in [0.5, 0.6) is 0 Å². The van der Waals surface area contributed by atoms with Gasteiger partial charge in [0.15, 0.2) is 0 Å². The minimum atomic E-state index is -0.454. The Morgan fingerprint density at radius 2 is 1.78 bits per heavy atom. The van der Waals surface area contributed by atoms with Crippen molar-refractivity contribution in [1.29, 1.82) is 0 Å². The van der Waals surface area contributed by atoms with Crippen molar-refractivity contribution < 1.29 is 14.0 Å². The van der Waals surface area contributed by atoms with Crippen molar-refractivity contribution in [2.45, 2.75) is 58.4 Å². The summed E-state index contributed by atoms with van der Waals surface area (Å²) in [6.45, 7) is 4.81. The van der Waals surface area contributed by atoms with Gasteiger partial charge in [0.25, 0.3) is 5.91 Å². The lowest BCUT2D eigenvalue weighted by molar-refractivity contribution is 0.0795. The first-order valence-electron chi connectivity index (χ1n) is 13.0. The summed E-state index contributed by atoms with van der Waals surface area (Å²) in [5, 5.41) is 3.76. The molecule has 3 aromatic rings. The third-order valence-electron chi connectivity index (χ3n) is 7.20. The number of carbonyl (C=O) groups excluding carboxylic acids is 2. The van der Waals surface area contributed by atoms with Crippen molar-refractivity contribution in [1.82, 2.24) is 4.90 Å². The van der Waals surface area contributed by atoms with Gasteiger partial charge in [-0.2, -0.15) is 0 Å². The van der Waals surface area contributed by atoms with Crippen molar-refractivity contribution in [2.24, 2.45) is 11.7 Å². The molecule has 1 aliphatic rings. The number of primary amides is 1. The molecule has 1 aromatic heterocycles. The van der Waals surface area contributed by atoms with Gasteiger partial charge in [0.1, 0.15) is 11.5 Å². The predicted octanol–water partition coefficient (Wildman–Crippen LogP) is 6.57. The van der Waals surface area contributed by atoms with Gasteiger partial charge in [-0.1, -0.05) is 38.3 Å². The van der Waals surface area contributed by atoms with Gasteiger partial charge in [0.05, 0.1) is 6.04 Å². The van der Waals surface area contributed by atoms with Crippen LogP contribution in [-0.4, -0.2) is 30.3 Å². The molecule has 0 spiro atoms. The maximum atomic E-state index is 12.6. The Balaban J connectivity index is 1.61.